The first-order chi connectivity index (χ1) is 35.5. The Labute approximate surface area is 449 Å². The average Bonchev–Trinajstić information content (AvgIpc) is 3.38. The van der Waals surface area contributed by atoms with Crippen LogP contribution in [0, 0.1) is 0 Å². The number of hydrogen-bond acceptors (Lipinski definition) is 6. The van der Waals surface area contributed by atoms with E-state index >= 15 is 0 Å². The summed E-state index contributed by atoms with van der Waals surface area (Å²) in [6, 6.07) is 0. The number of esters is 3. The Morgan fingerprint density at radius 1 is 0.264 bits per heavy atom. The van der Waals surface area contributed by atoms with Gasteiger partial charge in [0, 0.05) is 19.3 Å². The van der Waals surface area contributed by atoms with Crippen LogP contribution in [0.3, 0.4) is 0 Å². The molecule has 0 fully saturated rings. The number of ether oxygens (including phenoxy) is 3. The van der Waals surface area contributed by atoms with Crippen molar-refractivity contribution in [1.29, 1.82) is 0 Å². The first-order valence-corrected chi connectivity index (χ1v) is 32.3. The van der Waals surface area contributed by atoms with Gasteiger partial charge in [-0.05, 0) is 70.6 Å². The molecule has 0 heterocycles. The number of rotatable bonds is 60. The van der Waals surface area contributed by atoms with Crippen molar-refractivity contribution in [1.82, 2.24) is 0 Å². The zero-order valence-electron chi connectivity index (χ0n) is 48.7. The summed E-state index contributed by atoms with van der Waals surface area (Å²) in [5.41, 5.74) is 0. The first-order valence-electron chi connectivity index (χ1n) is 32.3. The molecule has 0 bridgehead atoms. The lowest BCUT2D eigenvalue weighted by molar-refractivity contribution is -0.167. The van der Waals surface area contributed by atoms with Crippen molar-refractivity contribution >= 4 is 17.9 Å². The van der Waals surface area contributed by atoms with Gasteiger partial charge in [-0.2, -0.15) is 0 Å². The molecule has 1 atom stereocenters. The van der Waals surface area contributed by atoms with Crippen LogP contribution in [0.1, 0.15) is 361 Å². The van der Waals surface area contributed by atoms with Crippen LogP contribution < -0.4 is 0 Å². The molecule has 72 heavy (non-hydrogen) atoms. The summed E-state index contributed by atoms with van der Waals surface area (Å²) in [7, 11) is 0. The molecule has 0 aliphatic rings. The molecule has 0 aliphatic heterocycles. The van der Waals surface area contributed by atoms with Gasteiger partial charge >= 0.3 is 17.9 Å². The Bertz CT molecular complexity index is 1160. The monoisotopic (exact) mass is 1010 g/mol. The second kappa shape index (κ2) is 61.4. The minimum atomic E-state index is -0.775. The van der Waals surface area contributed by atoms with Crippen LogP contribution in [0.5, 0.6) is 0 Å². The Balaban J connectivity index is 4.05. The number of unbranched alkanes of at least 4 members (excludes halogenated alkanes) is 45. The zero-order valence-corrected chi connectivity index (χ0v) is 48.7. The fourth-order valence-electron chi connectivity index (χ4n) is 9.79. The Morgan fingerprint density at radius 2 is 0.458 bits per heavy atom. The molecule has 424 valence electrons. The van der Waals surface area contributed by atoms with Gasteiger partial charge in [-0.1, -0.05) is 295 Å². The van der Waals surface area contributed by atoms with Gasteiger partial charge in [-0.25, -0.2) is 0 Å². The smallest absolute Gasteiger partial charge is 0.306 e. The van der Waals surface area contributed by atoms with E-state index in [2.05, 4.69) is 45.1 Å². The van der Waals surface area contributed by atoms with Gasteiger partial charge in [0.05, 0.1) is 0 Å². The molecule has 0 spiro atoms. The zero-order chi connectivity index (χ0) is 52.2. The molecular weight excluding hydrogens is 889 g/mol. The van der Waals surface area contributed by atoms with Crippen molar-refractivity contribution in [3.63, 3.8) is 0 Å². The highest BCUT2D eigenvalue weighted by atomic mass is 16.6. The van der Waals surface area contributed by atoms with E-state index in [4.69, 9.17) is 14.2 Å². The second-order valence-corrected chi connectivity index (χ2v) is 22.0. The minimum absolute atomic E-state index is 0.0730. The van der Waals surface area contributed by atoms with E-state index in [1.54, 1.807) is 0 Å². The van der Waals surface area contributed by atoms with Crippen LogP contribution in [0.15, 0.2) is 24.3 Å². The number of hydrogen-bond donors (Lipinski definition) is 0. The minimum Gasteiger partial charge on any atom is -0.462 e. The molecule has 0 aromatic rings. The first kappa shape index (κ1) is 69.9. The fraction of sp³-hybridized carbons (Fsp3) is 0.894. The molecule has 0 radical (unpaired) electrons. The summed E-state index contributed by atoms with van der Waals surface area (Å²) >= 11 is 0. The van der Waals surface area contributed by atoms with Crippen molar-refractivity contribution in [2.24, 2.45) is 0 Å². The van der Waals surface area contributed by atoms with E-state index in [1.807, 2.05) is 0 Å². The van der Waals surface area contributed by atoms with Gasteiger partial charge < -0.3 is 14.2 Å². The molecule has 1 unspecified atom stereocenters. The SMILES string of the molecule is CCCCC/C=C\CCCCCCCC(=O)OCC(COC(=O)CCCCCCCCCCCCCCCCCCCCCCCCCCCCCCCC)OC(=O)CCCCCCC/C=C\CCCCC. The fourth-order valence-corrected chi connectivity index (χ4v) is 9.79. The molecule has 0 saturated carbocycles. The van der Waals surface area contributed by atoms with Crippen LogP contribution in [-0.2, 0) is 28.6 Å². The number of carbonyl (C=O) groups is 3. The van der Waals surface area contributed by atoms with E-state index in [0.717, 1.165) is 70.6 Å². The van der Waals surface area contributed by atoms with Crippen molar-refractivity contribution < 1.29 is 28.6 Å². The Kier molecular flexibility index (Phi) is 59.6. The topological polar surface area (TPSA) is 78.9 Å². The molecule has 0 aliphatic carbocycles. The normalized spacial score (nSPS) is 12.1. The largest absolute Gasteiger partial charge is 0.462 e. The van der Waals surface area contributed by atoms with Gasteiger partial charge in [0.2, 0.25) is 0 Å². The lowest BCUT2D eigenvalue weighted by Gasteiger charge is -2.18. The molecular formula is C66H124O6. The maximum Gasteiger partial charge on any atom is 0.306 e. The Hall–Kier alpha value is -2.11. The maximum absolute atomic E-state index is 12.8. The molecule has 0 N–H and O–H groups in total. The van der Waals surface area contributed by atoms with Crippen LogP contribution in [-0.4, -0.2) is 37.2 Å². The van der Waals surface area contributed by atoms with Gasteiger partial charge in [-0.15, -0.1) is 0 Å². The van der Waals surface area contributed by atoms with Gasteiger partial charge in [0.25, 0.3) is 0 Å². The van der Waals surface area contributed by atoms with E-state index in [-0.39, 0.29) is 31.1 Å². The average molecular weight is 1010 g/mol. The standard InChI is InChI=1S/C66H124O6/c1-4-7-10-13-16-19-22-25-26-27-28-29-30-31-32-33-34-35-36-37-38-39-40-41-42-45-47-50-53-56-59-65(68)71-62-63(72-66(69)60-57-54-51-48-44-24-21-18-15-12-9-6-3)61-70-64(67)58-55-52-49-46-43-23-20-17-14-11-8-5-2/h17-18,20-21,63H,4-16,19,22-62H2,1-3H3/b20-17-,21-18-. The molecule has 0 saturated heterocycles. The highest BCUT2D eigenvalue weighted by Crippen LogP contribution is 2.18. The van der Waals surface area contributed by atoms with Crippen LogP contribution in [0.2, 0.25) is 0 Å². The maximum atomic E-state index is 12.8. The van der Waals surface area contributed by atoms with E-state index < -0.39 is 6.10 Å². The van der Waals surface area contributed by atoms with Gasteiger partial charge in [0.1, 0.15) is 13.2 Å². The van der Waals surface area contributed by atoms with Crippen LogP contribution in [0.25, 0.3) is 0 Å². The van der Waals surface area contributed by atoms with Crippen molar-refractivity contribution in [3.05, 3.63) is 24.3 Å². The van der Waals surface area contributed by atoms with E-state index in [0.29, 0.717) is 19.3 Å². The summed E-state index contributed by atoms with van der Waals surface area (Å²) in [6.45, 7) is 6.63. The summed E-state index contributed by atoms with van der Waals surface area (Å²) in [5.74, 6) is -0.872. The summed E-state index contributed by atoms with van der Waals surface area (Å²) < 4.78 is 16.9. The molecule has 0 rings (SSSR count). The van der Waals surface area contributed by atoms with Crippen LogP contribution >= 0.6 is 0 Å². The van der Waals surface area contributed by atoms with Crippen molar-refractivity contribution in [2.45, 2.75) is 367 Å². The highest BCUT2D eigenvalue weighted by Gasteiger charge is 2.19. The van der Waals surface area contributed by atoms with Gasteiger partial charge in [0.15, 0.2) is 6.10 Å². The molecule has 0 amide bonds. The summed E-state index contributed by atoms with van der Waals surface area (Å²) in [5, 5.41) is 0. The lowest BCUT2D eigenvalue weighted by atomic mass is 10.0. The number of carbonyl (C=O) groups excluding carboxylic acids is 3. The predicted octanol–water partition coefficient (Wildman–Crippen LogP) is 21.8. The summed E-state index contributed by atoms with van der Waals surface area (Å²) in [6.07, 6.45) is 73.6. The third-order valence-corrected chi connectivity index (χ3v) is 14.7. The molecule has 6 nitrogen and oxygen atoms in total. The van der Waals surface area contributed by atoms with Crippen molar-refractivity contribution in [3.8, 4) is 0 Å². The lowest BCUT2D eigenvalue weighted by Crippen LogP contribution is -2.30. The molecule has 6 heteroatoms. The molecule has 0 aromatic carbocycles. The Morgan fingerprint density at radius 3 is 0.722 bits per heavy atom. The van der Waals surface area contributed by atoms with Crippen LogP contribution in [0.4, 0.5) is 0 Å². The second-order valence-electron chi connectivity index (χ2n) is 22.0. The number of allylic oxidation sites excluding steroid dienone is 4. The quantitative estimate of drug-likeness (QED) is 0.0261. The van der Waals surface area contributed by atoms with Gasteiger partial charge in [-0.3, -0.25) is 14.4 Å². The molecule has 0 aromatic heterocycles. The third-order valence-electron chi connectivity index (χ3n) is 14.7. The van der Waals surface area contributed by atoms with E-state index in [1.165, 1.54) is 250 Å². The highest BCUT2D eigenvalue weighted by molar-refractivity contribution is 5.71. The van der Waals surface area contributed by atoms with E-state index in [9.17, 15) is 14.4 Å². The third kappa shape index (κ3) is 58.8. The van der Waals surface area contributed by atoms with Crippen molar-refractivity contribution in [2.75, 3.05) is 13.2 Å². The predicted molar refractivity (Wildman–Crippen MR) is 312 cm³/mol. The summed E-state index contributed by atoms with van der Waals surface area (Å²) in [4.78, 5) is 38.1.